The zero-order valence-corrected chi connectivity index (χ0v) is 12.2. The number of carbonyl (C=O) groups excluding carboxylic acids is 1. The van der Waals surface area contributed by atoms with Crippen LogP contribution in [0.2, 0.25) is 0 Å². The molecule has 0 bridgehead atoms. The summed E-state index contributed by atoms with van der Waals surface area (Å²) in [5.74, 6) is 2.17. The topological polar surface area (TPSA) is 71.1 Å². The van der Waals surface area contributed by atoms with E-state index < -0.39 is 0 Å². The van der Waals surface area contributed by atoms with Crippen LogP contribution < -0.4 is 4.74 Å². The van der Waals surface area contributed by atoms with E-state index in [1.807, 2.05) is 24.3 Å². The summed E-state index contributed by atoms with van der Waals surface area (Å²) in [6, 6.07) is 7.64. The van der Waals surface area contributed by atoms with Gasteiger partial charge in [0.15, 0.2) is 0 Å². The van der Waals surface area contributed by atoms with Crippen LogP contribution in [0.4, 0.5) is 0 Å². The summed E-state index contributed by atoms with van der Waals surface area (Å²) in [5.41, 5.74) is 1.03. The minimum Gasteiger partial charge on any atom is -0.497 e. The van der Waals surface area contributed by atoms with Gasteiger partial charge in [0.05, 0.1) is 7.11 Å². The van der Waals surface area contributed by atoms with Crippen molar-refractivity contribution in [1.82, 2.24) is 20.1 Å². The molecule has 0 unspecified atom stereocenters. The lowest BCUT2D eigenvalue weighted by Gasteiger charge is -2.15. The molecular weight excluding hydrogens is 268 g/mol. The highest BCUT2D eigenvalue weighted by Gasteiger charge is 2.28. The molecule has 1 aliphatic rings. The number of ether oxygens (including phenoxy) is 1. The largest absolute Gasteiger partial charge is 0.497 e. The van der Waals surface area contributed by atoms with Gasteiger partial charge in [-0.1, -0.05) is 12.1 Å². The van der Waals surface area contributed by atoms with Gasteiger partial charge in [0, 0.05) is 19.5 Å². The van der Waals surface area contributed by atoms with Crippen molar-refractivity contribution < 1.29 is 9.53 Å². The zero-order valence-electron chi connectivity index (χ0n) is 12.2. The highest BCUT2D eigenvalue weighted by atomic mass is 16.5. The van der Waals surface area contributed by atoms with Crippen LogP contribution >= 0.6 is 0 Å². The summed E-state index contributed by atoms with van der Waals surface area (Å²) >= 11 is 0. The first-order chi connectivity index (χ1) is 10.2. The zero-order chi connectivity index (χ0) is 14.8. The van der Waals surface area contributed by atoms with Crippen LogP contribution in [0.15, 0.2) is 24.3 Å². The molecule has 1 heterocycles. The Morgan fingerprint density at radius 3 is 2.71 bits per heavy atom. The summed E-state index contributed by atoms with van der Waals surface area (Å²) in [5, 5.41) is 6.88. The predicted molar refractivity (Wildman–Crippen MR) is 77.1 cm³/mol. The Balaban J connectivity index is 1.65. The van der Waals surface area contributed by atoms with Crippen molar-refractivity contribution in [2.24, 2.45) is 0 Å². The lowest BCUT2D eigenvalue weighted by Crippen LogP contribution is -2.27. The molecule has 6 heteroatoms. The van der Waals surface area contributed by atoms with E-state index in [9.17, 15) is 4.79 Å². The first-order valence-electron chi connectivity index (χ1n) is 6.98. The van der Waals surface area contributed by atoms with E-state index >= 15 is 0 Å². The minimum atomic E-state index is -0.172. The molecule has 0 radical (unpaired) electrons. The number of methoxy groups -OCH3 is 1. The standard InChI is InChI=1S/C15H18N4O2/c1-19(9-10-3-7-12(21-2)8-4-10)15(20)14-16-13(17-18-14)11-5-6-11/h3-4,7-8,11H,5-6,9H2,1-2H3,(H,16,17,18). The number of hydrogen-bond acceptors (Lipinski definition) is 4. The van der Waals surface area contributed by atoms with Gasteiger partial charge in [0.2, 0.25) is 5.82 Å². The van der Waals surface area contributed by atoms with Crippen molar-refractivity contribution in [2.75, 3.05) is 14.2 Å². The Morgan fingerprint density at radius 1 is 1.38 bits per heavy atom. The predicted octanol–water partition coefficient (Wildman–Crippen LogP) is 1.96. The molecule has 1 aliphatic carbocycles. The number of aromatic nitrogens is 3. The number of rotatable bonds is 5. The van der Waals surface area contributed by atoms with Gasteiger partial charge in [-0.25, -0.2) is 4.98 Å². The van der Waals surface area contributed by atoms with Crippen LogP contribution in [-0.4, -0.2) is 40.1 Å². The van der Waals surface area contributed by atoms with Gasteiger partial charge in [-0.2, -0.15) is 0 Å². The Morgan fingerprint density at radius 2 is 2.10 bits per heavy atom. The molecule has 1 N–H and O–H groups in total. The molecule has 0 saturated heterocycles. The van der Waals surface area contributed by atoms with E-state index in [1.165, 1.54) is 0 Å². The summed E-state index contributed by atoms with van der Waals surface area (Å²) in [6.45, 7) is 0.510. The number of nitrogens with one attached hydrogen (secondary N) is 1. The number of aromatic amines is 1. The first-order valence-corrected chi connectivity index (χ1v) is 6.98. The van der Waals surface area contributed by atoms with E-state index in [0.717, 1.165) is 30.0 Å². The number of hydrogen-bond donors (Lipinski definition) is 1. The fraction of sp³-hybridized carbons (Fsp3) is 0.400. The van der Waals surface area contributed by atoms with Gasteiger partial charge in [-0.15, -0.1) is 5.10 Å². The minimum absolute atomic E-state index is 0.172. The fourth-order valence-electron chi connectivity index (χ4n) is 2.16. The maximum absolute atomic E-state index is 12.3. The maximum atomic E-state index is 12.3. The van der Waals surface area contributed by atoms with Crippen molar-refractivity contribution >= 4 is 5.91 Å². The summed E-state index contributed by atoms with van der Waals surface area (Å²) < 4.78 is 5.12. The van der Waals surface area contributed by atoms with Crippen LogP contribution in [0.5, 0.6) is 5.75 Å². The van der Waals surface area contributed by atoms with E-state index in [2.05, 4.69) is 15.2 Å². The summed E-state index contributed by atoms with van der Waals surface area (Å²) in [7, 11) is 3.38. The molecule has 1 fully saturated rings. The summed E-state index contributed by atoms with van der Waals surface area (Å²) in [6.07, 6.45) is 2.26. The first kappa shape index (κ1) is 13.6. The molecule has 1 aromatic heterocycles. The van der Waals surface area contributed by atoms with Crippen molar-refractivity contribution in [3.05, 3.63) is 41.5 Å². The third-order valence-corrected chi connectivity index (χ3v) is 3.58. The number of nitrogens with zero attached hydrogens (tertiary/aromatic N) is 3. The van der Waals surface area contributed by atoms with E-state index in [1.54, 1.807) is 19.1 Å². The Kier molecular flexibility index (Phi) is 3.60. The molecule has 1 aromatic carbocycles. The van der Waals surface area contributed by atoms with Crippen LogP contribution in [0.1, 0.15) is 40.8 Å². The summed E-state index contributed by atoms with van der Waals surface area (Å²) in [4.78, 5) is 18.2. The van der Waals surface area contributed by atoms with Crippen molar-refractivity contribution in [3.63, 3.8) is 0 Å². The number of H-pyrrole nitrogens is 1. The molecule has 1 amide bonds. The highest BCUT2D eigenvalue weighted by Crippen LogP contribution is 2.37. The average molecular weight is 286 g/mol. The Labute approximate surface area is 123 Å². The van der Waals surface area contributed by atoms with Gasteiger partial charge in [0.1, 0.15) is 11.6 Å². The van der Waals surface area contributed by atoms with Crippen molar-refractivity contribution in [1.29, 1.82) is 0 Å². The van der Waals surface area contributed by atoms with Gasteiger partial charge in [-0.05, 0) is 30.5 Å². The normalized spacial score (nSPS) is 14.0. The van der Waals surface area contributed by atoms with E-state index in [-0.39, 0.29) is 11.7 Å². The second kappa shape index (κ2) is 5.55. The monoisotopic (exact) mass is 286 g/mol. The van der Waals surface area contributed by atoms with Gasteiger partial charge < -0.3 is 9.64 Å². The number of amides is 1. The van der Waals surface area contributed by atoms with Gasteiger partial charge >= 0.3 is 0 Å². The molecule has 2 aromatic rings. The van der Waals surface area contributed by atoms with E-state index in [0.29, 0.717) is 12.5 Å². The van der Waals surface area contributed by atoms with Gasteiger partial charge in [0.25, 0.3) is 5.91 Å². The number of carbonyl (C=O) groups is 1. The highest BCUT2D eigenvalue weighted by molar-refractivity contribution is 5.90. The van der Waals surface area contributed by atoms with Gasteiger partial charge in [-0.3, -0.25) is 9.89 Å². The SMILES string of the molecule is COc1ccc(CN(C)C(=O)c2n[nH]c(C3CC3)n2)cc1. The molecule has 21 heavy (non-hydrogen) atoms. The quantitative estimate of drug-likeness (QED) is 0.912. The Bertz CT molecular complexity index is 631. The fourth-order valence-corrected chi connectivity index (χ4v) is 2.16. The second-order valence-corrected chi connectivity index (χ2v) is 5.33. The molecule has 110 valence electrons. The van der Waals surface area contributed by atoms with Crippen LogP contribution in [0.25, 0.3) is 0 Å². The average Bonchev–Trinajstić information content (AvgIpc) is 3.25. The molecular formula is C15H18N4O2. The molecule has 0 spiro atoms. The third-order valence-electron chi connectivity index (χ3n) is 3.58. The third kappa shape index (κ3) is 3.04. The molecule has 0 aliphatic heterocycles. The molecule has 3 rings (SSSR count). The van der Waals surface area contributed by atoms with Crippen molar-refractivity contribution in [2.45, 2.75) is 25.3 Å². The van der Waals surface area contributed by atoms with Crippen LogP contribution in [-0.2, 0) is 6.54 Å². The lowest BCUT2D eigenvalue weighted by atomic mass is 10.2. The molecule has 6 nitrogen and oxygen atoms in total. The Hall–Kier alpha value is -2.37. The molecule has 1 saturated carbocycles. The van der Waals surface area contributed by atoms with Crippen LogP contribution in [0.3, 0.4) is 0 Å². The second-order valence-electron chi connectivity index (χ2n) is 5.33. The smallest absolute Gasteiger partial charge is 0.293 e. The molecule has 0 atom stereocenters. The lowest BCUT2D eigenvalue weighted by molar-refractivity contribution is 0.0773. The van der Waals surface area contributed by atoms with Crippen molar-refractivity contribution in [3.8, 4) is 5.75 Å². The maximum Gasteiger partial charge on any atom is 0.293 e. The van der Waals surface area contributed by atoms with Crippen LogP contribution in [0, 0.1) is 0 Å². The van der Waals surface area contributed by atoms with E-state index in [4.69, 9.17) is 4.74 Å². The number of benzene rings is 1.